The molecule has 1 N–H and O–H groups in total. The summed E-state index contributed by atoms with van der Waals surface area (Å²) in [6.45, 7) is -0.251. The molecule has 1 heterocycles. The summed E-state index contributed by atoms with van der Waals surface area (Å²) in [5, 5.41) is 9.36. The van der Waals surface area contributed by atoms with Crippen LogP contribution in [-0.4, -0.2) is 16.5 Å². The molecule has 7 heteroatoms. The van der Waals surface area contributed by atoms with Crippen molar-refractivity contribution in [1.29, 1.82) is 0 Å². The Hall–Kier alpha value is -1.79. The third kappa shape index (κ3) is 3.61. The van der Waals surface area contributed by atoms with Crippen molar-refractivity contribution in [3.8, 4) is 17.0 Å². The fourth-order valence-corrected chi connectivity index (χ4v) is 1.80. The average Bonchev–Trinajstić information content (AvgIpc) is 2.39. The standard InChI is InChI=1S/C13H9ClF3NO2/c14-11-6-3-9(7-19)18-12(11)8-1-4-10(5-2-8)20-13(15,16)17/h1-6,19H,7H2. The van der Waals surface area contributed by atoms with Crippen molar-refractivity contribution in [3.05, 3.63) is 47.1 Å². The second-order valence-corrected chi connectivity index (χ2v) is 4.27. The maximum Gasteiger partial charge on any atom is 0.573 e. The van der Waals surface area contributed by atoms with Gasteiger partial charge < -0.3 is 9.84 Å². The highest BCUT2D eigenvalue weighted by Gasteiger charge is 2.30. The molecule has 1 aromatic heterocycles. The van der Waals surface area contributed by atoms with Crippen LogP contribution in [0, 0.1) is 0 Å². The number of aromatic nitrogens is 1. The lowest BCUT2D eigenvalue weighted by Gasteiger charge is -2.10. The summed E-state index contributed by atoms with van der Waals surface area (Å²) in [4.78, 5) is 4.12. The summed E-state index contributed by atoms with van der Waals surface area (Å²) in [5.41, 5.74) is 1.33. The molecule has 0 saturated carbocycles. The molecule has 106 valence electrons. The van der Waals surface area contributed by atoms with E-state index in [2.05, 4.69) is 9.72 Å². The molecular formula is C13H9ClF3NO2. The molecule has 0 amide bonds. The van der Waals surface area contributed by atoms with Gasteiger partial charge in [-0.3, -0.25) is 0 Å². The van der Waals surface area contributed by atoms with Crippen LogP contribution in [-0.2, 0) is 6.61 Å². The van der Waals surface area contributed by atoms with Gasteiger partial charge in [0.05, 0.1) is 23.0 Å². The number of hydrogen-bond acceptors (Lipinski definition) is 3. The average molecular weight is 304 g/mol. The molecule has 3 nitrogen and oxygen atoms in total. The van der Waals surface area contributed by atoms with E-state index in [-0.39, 0.29) is 12.4 Å². The first-order valence-electron chi connectivity index (χ1n) is 5.51. The van der Waals surface area contributed by atoms with Gasteiger partial charge in [-0.25, -0.2) is 4.98 Å². The zero-order chi connectivity index (χ0) is 14.8. The first kappa shape index (κ1) is 14.6. The topological polar surface area (TPSA) is 42.4 Å². The molecule has 0 bridgehead atoms. The fraction of sp³-hybridized carbons (Fsp3) is 0.154. The Balaban J connectivity index is 2.30. The molecule has 0 unspecified atom stereocenters. The lowest BCUT2D eigenvalue weighted by molar-refractivity contribution is -0.274. The molecular weight excluding hydrogens is 295 g/mol. The van der Waals surface area contributed by atoms with E-state index in [1.807, 2.05) is 0 Å². The minimum atomic E-state index is -4.73. The molecule has 0 aliphatic carbocycles. The molecule has 0 fully saturated rings. The Morgan fingerprint density at radius 3 is 2.30 bits per heavy atom. The first-order valence-corrected chi connectivity index (χ1v) is 5.89. The predicted molar refractivity (Wildman–Crippen MR) is 67.3 cm³/mol. The molecule has 0 saturated heterocycles. The van der Waals surface area contributed by atoms with Crippen molar-refractivity contribution in [2.24, 2.45) is 0 Å². The van der Waals surface area contributed by atoms with Crippen LogP contribution in [0.4, 0.5) is 13.2 Å². The minimum absolute atomic E-state index is 0.251. The molecule has 1 aromatic carbocycles. The highest BCUT2D eigenvalue weighted by Crippen LogP contribution is 2.29. The van der Waals surface area contributed by atoms with Crippen molar-refractivity contribution in [2.45, 2.75) is 13.0 Å². The predicted octanol–water partition coefficient (Wildman–Crippen LogP) is 3.79. The number of benzene rings is 1. The van der Waals surface area contributed by atoms with Crippen molar-refractivity contribution in [3.63, 3.8) is 0 Å². The summed E-state index contributed by atoms with van der Waals surface area (Å²) in [6, 6.07) is 8.30. The van der Waals surface area contributed by atoms with Crippen LogP contribution < -0.4 is 4.74 Å². The van der Waals surface area contributed by atoms with E-state index in [1.165, 1.54) is 24.3 Å². The Kier molecular flexibility index (Phi) is 4.15. The van der Waals surface area contributed by atoms with Crippen LogP contribution in [0.25, 0.3) is 11.3 Å². The van der Waals surface area contributed by atoms with Crippen LogP contribution in [0.15, 0.2) is 36.4 Å². The highest BCUT2D eigenvalue weighted by atomic mass is 35.5. The number of rotatable bonds is 3. The second kappa shape index (κ2) is 5.68. The van der Waals surface area contributed by atoms with Crippen molar-refractivity contribution >= 4 is 11.6 Å². The van der Waals surface area contributed by atoms with E-state index in [4.69, 9.17) is 16.7 Å². The number of ether oxygens (including phenoxy) is 1. The van der Waals surface area contributed by atoms with Gasteiger partial charge >= 0.3 is 6.36 Å². The van der Waals surface area contributed by atoms with E-state index in [1.54, 1.807) is 12.1 Å². The van der Waals surface area contributed by atoms with Crippen LogP contribution in [0.1, 0.15) is 5.69 Å². The number of nitrogens with zero attached hydrogens (tertiary/aromatic N) is 1. The number of hydrogen-bond donors (Lipinski definition) is 1. The molecule has 20 heavy (non-hydrogen) atoms. The van der Waals surface area contributed by atoms with Gasteiger partial charge in [0.2, 0.25) is 0 Å². The Morgan fingerprint density at radius 1 is 1.10 bits per heavy atom. The fourth-order valence-electron chi connectivity index (χ4n) is 1.59. The Labute approximate surface area is 117 Å². The zero-order valence-electron chi connectivity index (χ0n) is 9.99. The smallest absolute Gasteiger partial charge is 0.406 e. The van der Waals surface area contributed by atoms with E-state index in [0.29, 0.717) is 22.0 Å². The molecule has 0 spiro atoms. The number of aliphatic hydroxyl groups excluding tert-OH is 1. The maximum absolute atomic E-state index is 12.0. The monoisotopic (exact) mass is 303 g/mol. The van der Waals surface area contributed by atoms with Gasteiger partial charge in [0.1, 0.15) is 5.75 Å². The van der Waals surface area contributed by atoms with Gasteiger partial charge in [0.25, 0.3) is 0 Å². The number of halogens is 4. The Bertz CT molecular complexity index is 600. The quantitative estimate of drug-likeness (QED) is 0.938. The SMILES string of the molecule is OCc1ccc(Cl)c(-c2ccc(OC(F)(F)F)cc2)n1. The molecule has 0 aliphatic heterocycles. The van der Waals surface area contributed by atoms with Crippen LogP contribution in [0.5, 0.6) is 5.75 Å². The van der Waals surface area contributed by atoms with Crippen LogP contribution in [0.2, 0.25) is 5.02 Å². The van der Waals surface area contributed by atoms with Crippen molar-refractivity contribution in [2.75, 3.05) is 0 Å². The summed E-state index contributed by atoms with van der Waals surface area (Å²) in [7, 11) is 0. The van der Waals surface area contributed by atoms with E-state index >= 15 is 0 Å². The van der Waals surface area contributed by atoms with Gasteiger partial charge in [0, 0.05) is 5.56 Å². The molecule has 0 atom stereocenters. The summed E-state index contributed by atoms with van der Waals surface area (Å²) >= 11 is 5.98. The van der Waals surface area contributed by atoms with Crippen molar-refractivity contribution in [1.82, 2.24) is 4.98 Å². The van der Waals surface area contributed by atoms with Gasteiger partial charge in [-0.15, -0.1) is 13.2 Å². The normalized spacial score (nSPS) is 11.4. The molecule has 2 rings (SSSR count). The third-order valence-electron chi connectivity index (χ3n) is 2.43. The largest absolute Gasteiger partial charge is 0.573 e. The number of alkyl halides is 3. The van der Waals surface area contributed by atoms with Crippen molar-refractivity contribution < 1.29 is 23.0 Å². The van der Waals surface area contributed by atoms with E-state index < -0.39 is 6.36 Å². The van der Waals surface area contributed by atoms with Crippen LogP contribution in [0.3, 0.4) is 0 Å². The number of pyridine rings is 1. The van der Waals surface area contributed by atoms with Gasteiger partial charge in [-0.05, 0) is 36.4 Å². The van der Waals surface area contributed by atoms with Gasteiger partial charge in [-0.1, -0.05) is 11.6 Å². The summed E-state index contributed by atoms with van der Waals surface area (Å²) < 4.78 is 39.9. The zero-order valence-corrected chi connectivity index (χ0v) is 10.7. The lowest BCUT2D eigenvalue weighted by atomic mass is 10.1. The molecule has 0 aliphatic rings. The first-order chi connectivity index (χ1) is 9.39. The third-order valence-corrected chi connectivity index (χ3v) is 2.73. The molecule has 2 aromatic rings. The lowest BCUT2D eigenvalue weighted by Crippen LogP contribution is -2.16. The summed E-state index contributed by atoms with van der Waals surface area (Å²) in [6.07, 6.45) is -4.73. The van der Waals surface area contributed by atoms with E-state index in [0.717, 1.165) is 0 Å². The Morgan fingerprint density at radius 2 is 1.75 bits per heavy atom. The minimum Gasteiger partial charge on any atom is -0.406 e. The van der Waals surface area contributed by atoms with Crippen LogP contribution >= 0.6 is 11.6 Å². The number of aliphatic hydroxyl groups is 1. The van der Waals surface area contributed by atoms with Gasteiger partial charge in [0.15, 0.2) is 0 Å². The molecule has 0 radical (unpaired) electrons. The second-order valence-electron chi connectivity index (χ2n) is 3.86. The van der Waals surface area contributed by atoms with Gasteiger partial charge in [-0.2, -0.15) is 0 Å². The summed E-state index contributed by atoms with van der Waals surface area (Å²) in [5.74, 6) is -0.323. The van der Waals surface area contributed by atoms with E-state index in [9.17, 15) is 13.2 Å². The maximum atomic E-state index is 12.0. The highest BCUT2D eigenvalue weighted by molar-refractivity contribution is 6.33.